The summed E-state index contributed by atoms with van der Waals surface area (Å²) in [5.41, 5.74) is 0.695. The van der Waals surface area contributed by atoms with Gasteiger partial charge < -0.3 is 15.2 Å². The van der Waals surface area contributed by atoms with Crippen LogP contribution < -0.4 is 10.1 Å². The SMILES string of the molecule is CCCC(NCc1cccc(OC(F)F)c1)C(=O)O.Cl. The van der Waals surface area contributed by atoms with E-state index in [4.69, 9.17) is 5.11 Å². The lowest BCUT2D eigenvalue weighted by Gasteiger charge is -2.14. The van der Waals surface area contributed by atoms with E-state index in [1.807, 2.05) is 6.92 Å². The zero-order valence-corrected chi connectivity index (χ0v) is 11.8. The molecule has 0 amide bonds. The van der Waals surface area contributed by atoms with Gasteiger partial charge >= 0.3 is 12.6 Å². The second kappa shape index (κ2) is 9.50. The molecule has 0 aliphatic carbocycles. The lowest BCUT2D eigenvalue weighted by Crippen LogP contribution is -2.35. The van der Waals surface area contributed by atoms with Crippen molar-refractivity contribution in [2.45, 2.75) is 39.0 Å². The van der Waals surface area contributed by atoms with Gasteiger partial charge in [0.15, 0.2) is 0 Å². The summed E-state index contributed by atoms with van der Waals surface area (Å²) in [5.74, 6) is -0.849. The summed E-state index contributed by atoms with van der Waals surface area (Å²) in [6, 6.07) is 5.56. The van der Waals surface area contributed by atoms with E-state index in [1.165, 1.54) is 12.1 Å². The third-order valence-electron chi connectivity index (χ3n) is 2.55. The number of nitrogens with one attached hydrogen (secondary N) is 1. The summed E-state index contributed by atoms with van der Waals surface area (Å²) in [7, 11) is 0. The molecular weight excluding hydrogens is 292 g/mol. The minimum Gasteiger partial charge on any atom is -0.480 e. The van der Waals surface area contributed by atoms with Crippen molar-refractivity contribution >= 4 is 18.4 Å². The Balaban J connectivity index is 0.00000361. The summed E-state index contributed by atoms with van der Waals surface area (Å²) >= 11 is 0. The summed E-state index contributed by atoms with van der Waals surface area (Å²) in [6.45, 7) is -0.679. The number of halogens is 3. The first kappa shape index (κ1) is 18.6. The van der Waals surface area contributed by atoms with Crippen molar-refractivity contribution in [1.29, 1.82) is 0 Å². The first-order chi connectivity index (χ1) is 9.02. The van der Waals surface area contributed by atoms with Crippen LogP contribution in [0.3, 0.4) is 0 Å². The van der Waals surface area contributed by atoms with E-state index >= 15 is 0 Å². The lowest BCUT2D eigenvalue weighted by molar-refractivity contribution is -0.139. The highest BCUT2D eigenvalue weighted by atomic mass is 35.5. The van der Waals surface area contributed by atoms with Crippen molar-refractivity contribution in [3.05, 3.63) is 29.8 Å². The van der Waals surface area contributed by atoms with E-state index in [0.29, 0.717) is 12.0 Å². The molecule has 2 N–H and O–H groups in total. The molecule has 1 atom stereocenters. The quantitative estimate of drug-likeness (QED) is 0.775. The standard InChI is InChI=1S/C13H17F2NO3.ClH/c1-2-4-11(12(17)18)16-8-9-5-3-6-10(7-9)19-13(14)15;/h3,5-7,11,13,16H,2,4,8H2,1H3,(H,17,18);1H. The zero-order valence-electron chi connectivity index (χ0n) is 11.0. The Kier molecular flexibility index (Phi) is 8.83. The Morgan fingerprint density at radius 1 is 1.45 bits per heavy atom. The smallest absolute Gasteiger partial charge is 0.387 e. The van der Waals surface area contributed by atoms with Crippen LogP contribution in [0.25, 0.3) is 0 Å². The predicted octanol–water partition coefficient (Wildman–Crippen LogP) is 3.05. The van der Waals surface area contributed by atoms with Gasteiger partial charge in [0, 0.05) is 6.54 Å². The van der Waals surface area contributed by atoms with Crippen molar-refractivity contribution in [3.8, 4) is 5.75 Å². The number of carbonyl (C=O) groups is 1. The van der Waals surface area contributed by atoms with Crippen LogP contribution in [0.1, 0.15) is 25.3 Å². The molecule has 0 aliphatic rings. The number of hydrogen-bond donors (Lipinski definition) is 2. The van der Waals surface area contributed by atoms with Crippen molar-refractivity contribution in [3.63, 3.8) is 0 Å². The summed E-state index contributed by atoms with van der Waals surface area (Å²) in [5, 5.41) is 11.8. The minimum atomic E-state index is -2.87. The number of rotatable bonds is 8. The van der Waals surface area contributed by atoms with Crippen molar-refractivity contribution in [2.75, 3.05) is 0 Å². The van der Waals surface area contributed by atoms with Gasteiger partial charge in [-0.15, -0.1) is 12.4 Å². The molecule has 114 valence electrons. The van der Waals surface area contributed by atoms with E-state index in [2.05, 4.69) is 10.1 Å². The zero-order chi connectivity index (χ0) is 14.3. The van der Waals surface area contributed by atoms with Crippen molar-refractivity contribution in [1.82, 2.24) is 5.32 Å². The molecule has 1 aromatic carbocycles. The Bertz CT molecular complexity index is 418. The average Bonchev–Trinajstić information content (AvgIpc) is 2.33. The fourth-order valence-corrected chi connectivity index (χ4v) is 1.67. The highest BCUT2D eigenvalue weighted by Gasteiger charge is 2.15. The monoisotopic (exact) mass is 309 g/mol. The Hall–Kier alpha value is -1.40. The van der Waals surface area contributed by atoms with Gasteiger partial charge in [0.05, 0.1) is 0 Å². The Labute approximate surface area is 122 Å². The number of carboxylic acid groups (broad SMARTS) is 1. The predicted molar refractivity (Wildman–Crippen MR) is 73.5 cm³/mol. The third-order valence-corrected chi connectivity index (χ3v) is 2.55. The van der Waals surface area contributed by atoms with Crippen molar-refractivity contribution < 1.29 is 23.4 Å². The molecule has 7 heteroatoms. The van der Waals surface area contributed by atoms with E-state index in [0.717, 1.165) is 6.42 Å². The molecule has 0 saturated carbocycles. The largest absolute Gasteiger partial charge is 0.480 e. The molecule has 0 heterocycles. The number of ether oxygens (including phenoxy) is 1. The molecule has 0 aliphatic heterocycles. The fraction of sp³-hybridized carbons (Fsp3) is 0.462. The van der Waals surface area contributed by atoms with Crippen LogP contribution in [0, 0.1) is 0 Å². The average molecular weight is 310 g/mol. The molecule has 0 fully saturated rings. The molecule has 0 saturated heterocycles. The number of carboxylic acids is 1. The van der Waals surface area contributed by atoms with Crippen LogP contribution in [0.15, 0.2) is 24.3 Å². The van der Waals surface area contributed by atoms with Gasteiger partial charge in [-0.3, -0.25) is 4.79 Å². The molecule has 0 radical (unpaired) electrons. The van der Waals surface area contributed by atoms with Gasteiger partial charge in [-0.2, -0.15) is 8.78 Å². The molecule has 1 unspecified atom stereocenters. The topological polar surface area (TPSA) is 58.6 Å². The number of benzene rings is 1. The van der Waals surface area contributed by atoms with Gasteiger partial charge in [0.1, 0.15) is 11.8 Å². The third kappa shape index (κ3) is 6.68. The van der Waals surface area contributed by atoms with E-state index in [1.54, 1.807) is 12.1 Å². The van der Waals surface area contributed by atoms with Crippen molar-refractivity contribution in [2.24, 2.45) is 0 Å². The summed E-state index contributed by atoms with van der Waals surface area (Å²) in [4.78, 5) is 10.9. The second-order valence-electron chi connectivity index (χ2n) is 4.09. The van der Waals surface area contributed by atoms with E-state index in [-0.39, 0.29) is 24.7 Å². The van der Waals surface area contributed by atoms with Gasteiger partial charge in [-0.25, -0.2) is 0 Å². The highest BCUT2D eigenvalue weighted by Crippen LogP contribution is 2.16. The second-order valence-corrected chi connectivity index (χ2v) is 4.09. The van der Waals surface area contributed by atoms with Gasteiger partial charge in [0.25, 0.3) is 0 Å². The van der Waals surface area contributed by atoms with Gasteiger partial charge in [-0.05, 0) is 24.1 Å². The number of alkyl halides is 2. The highest BCUT2D eigenvalue weighted by molar-refractivity contribution is 5.85. The molecule has 1 aromatic rings. The first-order valence-corrected chi connectivity index (χ1v) is 6.03. The Morgan fingerprint density at radius 3 is 2.70 bits per heavy atom. The maximum atomic E-state index is 12.1. The van der Waals surface area contributed by atoms with Crippen LogP contribution in [0.5, 0.6) is 5.75 Å². The van der Waals surface area contributed by atoms with Crippen LogP contribution in [0.4, 0.5) is 8.78 Å². The van der Waals surface area contributed by atoms with E-state index < -0.39 is 18.6 Å². The van der Waals surface area contributed by atoms with Crippen LogP contribution in [-0.2, 0) is 11.3 Å². The molecular formula is C13H18ClF2NO3. The maximum absolute atomic E-state index is 12.1. The van der Waals surface area contributed by atoms with Gasteiger partial charge in [-0.1, -0.05) is 25.5 Å². The Morgan fingerprint density at radius 2 is 2.15 bits per heavy atom. The summed E-state index contributed by atoms with van der Waals surface area (Å²) in [6.07, 6.45) is 1.26. The number of aliphatic carboxylic acids is 1. The molecule has 1 rings (SSSR count). The lowest BCUT2D eigenvalue weighted by atomic mass is 10.1. The molecule has 0 bridgehead atoms. The molecule has 0 spiro atoms. The van der Waals surface area contributed by atoms with Crippen LogP contribution in [-0.4, -0.2) is 23.7 Å². The van der Waals surface area contributed by atoms with Gasteiger partial charge in [0.2, 0.25) is 0 Å². The molecule has 0 aromatic heterocycles. The van der Waals surface area contributed by atoms with Crippen LogP contribution >= 0.6 is 12.4 Å². The number of hydrogen-bond acceptors (Lipinski definition) is 3. The van der Waals surface area contributed by atoms with E-state index in [9.17, 15) is 13.6 Å². The molecule has 20 heavy (non-hydrogen) atoms. The maximum Gasteiger partial charge on any atom is 0.387 e. The minimum absolute atomic E-state index is 0. The summed E-state index contributed by atoms with van der Waals surface area (Å²) < 4.78 is 28.4. The molecule has 4 nitrogen and oxygen atoms in total. The first-order valence-electron chi connectivity index (χ1n) is 6.03. The fourth-order valence-electron chi connectivity index (χ4n) is 1.67. The normalized spacial score (nSPS) is 11.8. The van der Waals surface area contributed by atoms with Crippen LogP contribution in [0.2, 0.25) is 0 Å².